The molecule has 1 saturated heterocycles. The van der Waals surface area contributed by atoms with E-state index in [4.69, 9.17) is 0 Å². The first-order chi connectivity index (χ1) is 10.6. The molecule has 0 bridgehead atoms. The van der Waals surface area contributed by atoms with Crippen molar-refractivity contribution in [2.24, 2.45) is 10.5 Å². The van der Waals surface area contributed by atoms with Gasteiger partial charge in [-0.25, -0.2) is 5.43 Å². The number of likely N-dealkylation sites (tertiary alicyclic amines) is 1. The molecule has 0 saturated carbocycles. The Morgan fingerprint density at radius 1 is 1.50 bits per heavy atom. The number of amides is 2. The topological polar surface area (TPSA) is 82.0 Å². The third-order valence-corrected chi connectivity index (χ3v) is 4.53. The maximum absolute atomic E-state index is 12.4. The van der Waals surface area contributed by atoms with Gasteiger partial charge >= 0.3 is 0 Å². The lowest BCUT2D eigenvalue weighted by molar-refractivity contribution is -0.135. The van der Waals surface area contributed by atoms with Crippen LogP contribution in [-0.2, 0) is 9.59 Å². The minimum Gasteiger partial charge on any atom is -0.396 e. The van der Waals surface area contributed by atoms with E-state index in [0.717, 1.165) is 31.5 Å². The van der Waals surface area contributed by atoms with Crippen LogP contribution in [0.4, 0.5) is 0 Å². The van der Waals surface area contributed by atoms with E-state index in [1.54, 1.807) is 0 Å². The second-order valence-corrected chi connectivity index (χ2v) is 6.28. The van der Waals surface area contributed by atoms with Gasteiger partial charge in [-0.3, -0.25) is 9.59 Å². The summed E-state index contributed by atoms with van der Waals surface area (Å²) in [6, 6.07) is 0. The van der Waals surface area contributed by atoms with Crippen molar-refractivity contribution < 1.29 is 14.7 Å². The third-order valence-electron chi connectivity index (χ3n) is 4.53. The molecule has 0 unspecified atom stereocenters. The highest BCUT2D eigenvalue weighted by atomic mass is 16.3. The number of piperidine rings is 1. The van der Waals surface area contributed by atoms with Crippen LogP contribution in [0.15, 0.2) is 17.8 Å². The smallest absolute Gasteiger partial charge is 0.240 e. The van der Waals surface area contributed by atoms with Gasteiger partial charge in [0.1, 0.15) is 0 Å². The lowest BCUT2D eigenvalue weighted by atomic mass is 9.77. The molecule has 1 atom stereocenters. The number of nitrogens with one attached hydrogen (secondary N) is 1. The predicted molar refractivity (Wildman–Crippen MR) is 84.2 cm³/mol. The van der Waals surface area contributed by atoms with E-state index in [0.29, 0.717) is 32.2 Å². The number of carbonyl (C=O) groups is 2. The molecule has 2 aliphatic heterocycles. The highest BCUT2D eigenvalue weighted by molar-refractivity contribution is 5.94. The van der Waals surface area contributed by atoms with Crippen molar-refractivity contribution in [2.75, 3.05) is 19.7 Å². The molecule has 2 heterocycles. The first-order valence-electron chi connectivity index (χ1n) is 7.92. The van der Waals surface area contributed by atoms with Crippen molar-refractivity contribution in [2.45, 2.75) is 44.9 Å². The van der Waals surface area contributed by atoms with Gasteiger partial charge in [0.05, 0.1) is 6.61 Å². The minimum absolute atomic E-state index is 0.0664. The Hall–Kier alpha value is -1.69. The quantitative estimate of drug-likeness (QED) is 0.724. The Morgan fingerprint density at radius 3 is 2.95 bits per heavy atom. The van der Waals surface area contributed by atoms with Crippen LogP contribution in [0.25, 0.3) is 0 Å². The Morgan fingerprint density at radius 2 is 2.32 bits per heavy atom. The van der Waals surface area contributed by atoms with Gasteiger partial charge in [0.15, 0.2) is 0 Å². The first-order valence-corrected chi connectivity index (χ1v) is 7.92. The molecular formula is C16H25N3O3. The van der Waals surface area contributed by atoms with Gasteiger partial charge in [-0.05, 0) is 32.1 Å². The maximum atomic E-state index is 12.4. The normalized spacial score (nSPS) is 25.4. The Bertz CT molecular complexity index is 475. The summed E-state index contributed by atoms with van der Waals surface area (Å²) in [6.45, 7) is 5.19. The number of hydrogen-bond donors (Lipinski definition) is 2. The van der Waals surface area contributed by atoms with Crippen LogP contribution >= 0.6 is 0 Å². The molecule has 6 heteroatoms. The van der Waals surface area contributed by atoms with Crippen molar-refractivity contribution in [1.29, 1.82) is 0 Å². The van der Waals surface area contributed by atoms with Crippen LogP contribution in [0.2, 0.25) is 0 Å². The van der Waals surface area contributed by atoms with Gasteiger partial charge in [-0.2, -0.15) is 5.10 Å². The number of carbonyl (C=O) groups excluding carboxylic acids is 2. The molecule has 2 amide bonds. The van der Waals surface area contributed by atoms with Crippen molar-refractivity contribution >= 4 is 17.5 Å². The Kier molecular flexibility index (Phi) is 5.71. The number of allylic oxidation sites excluding steroid dienone is 1. The number of aliphatic hydroxyl groups is 1. The SMILES string of the molecule is C=CC[C@@]1(CO)CCCN(C(=O)CCC2=NNC(=O)CC2)C1. The fourth-order valence-corrected chi connectivity index (χ4v) is 3.19. The lowest BCUT2D eigenvalue weighted by Crippen LogP contribution is -2.47. The van der Waals surface area contributed by atoms with Gasteiger partial charge in [0.2, 0.25) is 11.8 Å². The second-order valence-electron chi connectivity index (χ2n) is 6.28. The molecule has 0 radical (unpaired) electrons. The van der Waals surface area contributed by atoms with E-state index in [1.807, 2.05) is 11.0 Å². The molecule has 0 spiro atoms. The molecule has 122 valence electrons. The second kappa shape index (κ2) is 7.54. The van der Waals surface area contributed by atoms with E-state index in [9.17, 15) is 14.7 Å². The largest absolute Gasteiger partial charge is 0.396 e. The van der Waals surface area contributed by atoms with Crippen molar-refractivity contribution in [3.05, 3.63) is 12.7 Å². The minimum atomic E-state index is -0.230. The molecule has 0 aromatic carbocycles. The van der Waals surface area contributed by atoms with Gasteiger partial charge in [0.25, 0.3) is 0 Å². The van der Waals surface area contributed by atoms with Crippen LogP contribution < -0.4 is 5.43 Å². The average molecular weight is 307 g/mol. The summed E-state index contributed by atoms with van der Waals surface area (Å²) in [4.78, 5) is 25.3. The standard InChI is InChI=1S/C16H25N3O3/c1-2-8-16(12-20)9-3-10-19(11-16)15(22)7-5-13-4-6-14(21)18-17-13/h2,20H,1,3-12H2,(H,18,21)/t16-/m1/s1. The summed E-state index contributed by atoms with van der Waals surface area (Å²) in [5.41, 5.74) is 3.10. The Balaban J connectivity index is 1.86. The summed E-state index contributed by atoms with van der Waals surface area (Å²) in [6.07, 6.45) is 6.47. The van der Waals surface area contributed by atoms with Crippen LogP contribution in [0.3, 0.4) is 0 Å². The van der Waals surface area contributed by atoms with E-state index < -0.39 is 0 Å². The molecule has 2 N–H and O–H groups in total. The fraction of sp³-hybridized carbons (Fsp3) is 0.688. The van der Waals surface area contributed by atoms with Gasteiger partial charge < -0.3 is 10.0 Å². The number of rotatable bonds is 6. The molecule has 2 rings (SSSR count). The lowest BCUT2D eigenvalue weighted by Gasteiger charge is -2.41. The van der Waals surface area contributed by atoms with Gasteiger partial charge in [-0.1, -0.05) is 6.08 Å². The summed E-state index contributed by atoms with van der Waals surface area (Å²) >= 11 is 0. The maximum Gasteiger partial charge on any atom is 0.240 e. The van der Waals surface area contributed by atoms with E-state index in [2.05, 4.69) is 17.1 Å². The summed E-state index contributed by atoms with van der Waals surface area (Å²) in [5.74, 6) is 0.0319. The average Bonchev–Trinajstić information content (AvgIpc) is 2.54. The highest BCUT2D eigenvalue weighted by Crippen LogP contribution is 2.33. The van der Waals surface area contributed by atoms with Crippen LogP contribution in [-0.4, -0.2) is 47.2 Å². The molecule has 2 aliphatic rings. The van der Waals surface area contributed by atoms with Crippen LogP contribution in [0.5, 0.6) is 0 Å². The zero-order valence-corrected chi connectivity index (χ0v) is 13.0. The third kappa shape index (κ3) is 4.16. The number of hydrazone groups is 1. The fourth-order valence-electron chi connectivity index (χ4n) is 3.19. The van der Waals surface area contributed by atoms with E-state index in [-0.39, 0.29) is 23.8 Å². The van der Waals surface area contributed by atoms with Crippen molar-refractivity contribution in [3.63, 3.8) is 0 Å². The van der Waals surface area contributed by atoms with E-state index in [1.165, 1.54) is 0 Å². The summed E-state index contributed by atoms with van der Waals surface area (Å²) in [5, 5.41) is 13.7. The van der Waals surface area contributed by atoms with E-state index >= 15 is 0 Å². The zero-order valence-electron chi connectivity index (χ0n) is 13.0. The molecule has 0 aliphatic carbocycles. The molecule has 0 aromatic rings. The van der Waals surface area contributed by atoms with Crippen LogP contribution in [0.1, 0.15) is 44.9 Å². The van der Waals surface area contributed by atoms with Crippen molar-refractivity contribution in [3.8, 4) is 0 Å². The first kappa shape index (κ1) is 16.7. The molecule has 1 fully saturated rings. The molecular weight excluding hydrogens is 282 g/mol. The molecule has 6 nitrogen and oxygen atoms in total. The van der Waals surface area contributed by atoms with Crippen LogP contribution in [0, 0.1) is 5.41 Å². The summed E-state index contributed by atoms with van der Waals surface area (Å²) in [7, 11) is 0. The predicted octanol–water partition coefficient (Wildman–Crippen LogP) is 1.21. The van der Waals surface area contributed by atoms with Gasteiger partial charge in [-0.15, -0.1) is 6.58 Å². The molecule has 0 aromatic heterocycles. The zero-order chi connectivity index (χ0) is 16.0. The number of aliphatic hydroxyl groups excluding tert-OH is 1. The number of nitrogens with zero attached hydrogens (tertiary/aromatic N) is 2. The monoisotopic (exact) mass is 307 g/mol. The summed E-state index contributed by atoms with van der Waals surface area (Å²) < 4.78 is 0. The molecule has 22 heavy (non-hydrogen) atoms. The highest BCUT2D eigenvalue weighted by Gasteiger charge is 2.35. The van der Waals surface area contributed by atoms with Gasteiger partial charge in [0, 0.05) is 37.1 Å². The van der Waals surface area contributed by atoms with Crippen molar-refractivity contribution in [1.82, 2.24) is 10.3 Å². The number of hydrogen-bond acceptors (Lipinski definition) is 4. The Labute approximate surface area is 131 Å².